The van der Waals surface area contributed by atoms with Crippen LogP contribution in [0.4, 0.5) is 0 Å². The van der Waals surface area contributed by atoms with Crippen molar-refractivity contribution in [3.8, 4) is 0 Å². The number of hydrogen-bond acceptors (Lipinski definition) is 7. The van der Waals surface area contributed by atoms with Gasteiger partial charge in [-0.3, -0.25) is 14.8 Å². The summed E-state index contributed by atoms with van der Waals surface area (Å²) in [7, 11) is 3.37. The van der Waals surface area contributed by atoms with Crippen LogP contribution in [-0.4, -0.2) is 86.7 Å². The number of likely N-dealkylation sites (tertiary alicyclic amines) is 1. The van der Waals surface area contributed by atoms with E-state index < -0.39 is 0 Å². The van der Waals surface area contributed by atoms with Crippen molar-refractivity contribution >= 4 is 24.0 Å². The molecule has 0 saturated carbocycles. The molecule has 0 spiro atoms. The molecule has 172 valence electrons. The average Bonchev–Trinajstić information content (AvgIpc) is 3.14. The molecular formula is C23H37N5O3. The molecule has 4 aliphatic heterocycles. The molecule has 2 N–H and O–H groups in total. The highest BCUT2D eigenvalue weighted by atomic mass is 16.5. The molecule has 2 fully saturated rings. The van der Waals surface area contributed by atoms with Crippen LogP contribution < -0.4 is 5.32 Å². The Morgan fingerprint density at radius 3 is 2.74 bits per heavy atom. The molecule has 0 radical (unpaired) electrons. The molecule has 0 aliphatic carbocycles. The predicted octanol–water partition coefficient (Wildman–Crippen LogP) is 1.92. The number of rotatable bonds is 6. The van der Waals surface area contributed by atoms with E-state index in [1.807, 2.05) is 6.21 Å². The van der Waals surface area contributed by atoms with Gasteiger partial charge in [-0.15, -0.1) is 0 Å². The van der Waals surface area contributed by atoms with E-state index >= 15 is 0 Å². The van der Waals surface area contributed by atoms with E-state index in [-0.39, 0.29) is 53.6 Å². The van der Waals surface area contributed by atoms with Gasteiger partial charge in [0.05, 0.1) is 18.5 Å². The number of piperidine rings is 1. The lowest BCUT2D eigenvalue weighted by atomic mass is 9.79. The third-order valence-electron chi connectivity index (χ3n) is 7.77. The molecule has 0 aromatic carbocycles. The molecule has 8 heteroatoms. The van der Waals surface area contributed by atoms with Crippen LogP contribution in [0.2, 0.25) is 0 Å². The van der Waals surface area contributed by atoms with Crippen molar-refractivity contribution in [3.63, 3.8) is 0 Å². The number of amides is 1. The summed E-state index contributed by atoms with van der Waals surface area (Å²) in [6.45, 7) is 5.72. The number of ether oxygens (including phenoxy) is 2. The number of hydrogen-bond donors (Lipinski definition) is 2. The second-order valence-corrected chi connectivity index (χ2v) is 10.0. The highest BCUT2D eigenvalue weighted by molar-refractivity contribution is 6.11. The topological polar surface area (TPSA) is 99.4 Å². The van der Waals surface area contributed by atoms with E-state index in [1.54, 1.807) is 14.2 Å². The van der Waals surface area contributed by atoms with Gasteiger partial charge in [0.25, 0.3) is 0 Å². The fraction of sp³-hybridized carbons (Fsp3) is 0.826. The first-order chi connectivity index (χ1) is 14.9. The zero-order valence-electron chi connectivity index (χ0n) is 19.2. The van der Waals surface area contributed by atoms with Crippen LogP contribution in [0.5, 0.6) is 0 Å². The molecule has 7 atom stereocenters. The summed E-state index contributed by atoms with van der Waals surface area (Å²) >= 11 is 0. The maximum Gasteiger partial charge on any atom is 0.232 e. The molecular weight excluding hydrogens is 394 g/mol. The third kappa shape index (κ3) is 4.34. The van der Waals surface area contributed by atoms with Crippen molar-refractivity contribution in [2.24, 2.45) is 27.2 Å². The Labute approximate surface area is 185 Å². The van der Waals surface area contributed by atoms with Crippen LogP contribution in [0.1, 0.15) is 46.0 Å². The van der Waals surface area contributed by atoms with Gasteiger partial charge in [0, 0.05) is 55.8 Å². The molecule has 4 rings (SSSR count). The Balaban J connectivity index is 1.45. The van der Waals surface area contributed by atoms with Crippen molar-refractivity contribution in [2.75, 3.05) is 27.3 Å². The van der Waals surface area contributed by atoms with Gasteiger partial charge in [0.1, 0.15) is 6.10 Å². The fourth-order valence-corrected chi connectivity index (χ4v) is 5.63. The first-order valence-corrected chi connectivity index (χ1v) is 11.6. The summed E-state index contributed by atoms with van der Waals surface area (Å²) in [5.41, 5.74) is 0.841. The number of methoxy groups -OCH3 is 2. The predicted molar refractivity (Wildman–Crippen MR) is 121 cm³/mol. The lowest BCUT2D eigenvalue weighted by molar-refractivity contribution is -0.133. The maximum atomic E-state index is 13.2. The van der Waals surface area contributed by atoms with E-state index in [9.17, 15) is 4.79 Å². The zero-order chi connectivity index (χ0) is 22.2. The minimum atomic E-state index is -0.244. The first kappa shape index (κ1) is 22.6. The standard InChI is InChI=1S/C23H37N5O3/c1-23(2,13-24)20-10-15(7-8-25-20)28-12-18-16(22(28)29)5-6-17(27-18)14-9-19(30-3)21(31-4)26-11-14/h11,13-17,19-21,24-25H,5-10,12H2,1-4H3. The van der Waals surface area contributed by atoms with Gasteiger partial charge < -0.3 is 25.1 Å². The number of fused-ring (bicyclic) bond motifs is 1. The molecule has 0 aromatic heterocycles. The lowest BCUT2D eigenvalue weighted by Crippen LogP contribution is -2.54. The summed E-state index contributed by atoms with van der Waals surface area (Å²) in [5.74, 6) is 0.429. The van der Waals surface area contributed by atoms with Crippen molar-refractivity contribution < 1.29 is 14.3 Å². The summed E-state index contributed by atoms with van der Waals surface area (Å²) < 4.78 is 11.0. The fourth-order valence-electron chi connectivity index (χ4n) is 5.63. The van der Waals surface area contributed by atoms with E-state index in [2.05, 4.69) is 29.1 Å². The minimum absolute atomic E-state index is 0.0502. The van der Waals surface area contributed by atoms with Crippen molar-refractivity contribution in [3.05, 3.63) is 0 Å². The SMILES string of the molecule is COC1CC(C2CCC3C(=O)N(C4CCNC(C(C)(C)C=N)C4)CC3=N2)C=NC1OC. The van der Waals surface area contributed by atoms with Crippen LogP contribution in [0.3, 0.4) is 0 Å². The van der Waals surface area contributed by atoms with Crippen LogP contribution in [0.15, 0.2) is 9.98 Å². The molecule has 0 aromatic rings. The molecule has 4 heterocycles. The molecule has 4 aliphatic rings. The molecule has 0 bridgehead atoms. The number of nitrogens with zero attached hydrogens (tertiary/aromatic N) is 3. The van der Waals surface area contributed by atoms with Gasteiger partial charge in [-0.1, -0.05) is 13.8 Å². The van der Waals surface area contributed by atoms with E-state index in [0.29, 0.717) is 6.54 Å². The van der Waals surface area contributed by atoms with E-state index in [1.165, 1.54) is 6.21 Å². The Kier molecular flexibility index (Phi) is 6.60. The summed E-state index contributed by atoms with van der Waals surface area (Å²) in [6.07, 6.45) is 7.70. The molecule has 7 unspecified atom stereocenters. The Hall–Kier alpha value is -1.64. The van der Waals surface area contributed by atoms with Crippen molar-refractivity contribution in [1.29, 1.82) is 5.41 Å². The molecule has 31 heavy (non-hydrogen) atoms. The van der Waals surface area contributed by atoms with Gasteiger partial charge >= 0.3 is 0 Å². The van der Waals surface area contributed by atoms with Crippen molar-refractivity contribution in [1.82, 2.24) is 10.2 Å². The molecule has 8 nitrogen and oxygen atoms in total. The molecule has 2 saturated heterocycles. The Morgan fingerprint density at radius 1 is 1.23 bits per heavy atom. The van der Waals surface area contributed by atoms with E-state index in [0.717, 1.165) is 44.4 Å². The second kappa shape index (κ2) is 9.08. The first-order valence-electron chi connectivity index (χ1n) is 11.6. The largest absolute Gasteiger partial charge is 0.377 e. The normalized spacial score (nSPS) is 38.7. The van der Waals surface area contributed by atoms with Gasteiger partial charge in [0.15, 0.2) is 6.23 Å². The van der Waals surface area contributed by atoms with Gasteiger partial charge in [-0.2, -0.15) is 0 Å². The number of carbonyl (C=O) groups is 1. The number of aliphatic imine (C=N–C) groups is 2. The molecule has 1 amide bonds. The Morgan fingerprint density at radius 2 is 2.03 bits per heavy atom. The quantitative estimate of drug-likeness (QED) is 0.628. The minimum Gasteiger partial charge on any atom is -0.377 e. The summed E-state index contributed by atoms with van der Waals surface area (Å²) in [6, 6.07) is 0.601. The second-order valence-electron chi connectivity index (χ2n) is 10.0. The highest BCUT2D eigenvalue weighted by Crippen LogP contribution is 2.36. The third-order valence-corrected chi connectivity index (χ3v) is 7.77. The van der Waals surface area contributed by atoms with Crippen LogP contribution >= 0.6 is 0 Å². The average molecular weight is 432 g/mol. The monoisotopic (exact) mass is 431 g/mol. The lowest BCUT2D eigenvalue weighted by Gasteiger charge is -2.41. The van der Waals surface area contributed by atoms with Gasteiger partial charge in [-0.05, 0) is 38.6 Å². The van der Waals surface area contributed by atoms with Crippen LogP contribution in [0, 0.1) is 22.7 Å². The zero-order valence-corrected chi connectivity index (χ0v) is 19.2. The van der Waals surface area contributed by atoms with Crippen molar-refractivity contribution in [2.45, 2.75) is 76.4 Å². The van der Waals surface area contributed by atoms with Crippen LogP contribution in [-0.2, 0) is 14.3 Å². The highest BCUT2D eigenvalue weighted by Gasteiger charge is 2.46. The Bertz CT molecular complexity index is 751. The smallest absolute Gasteiger partial charge is 0.232 e. The number of nitrogens with one attached hydrogen (secondary N) is 2. The summed E-state index contributed by atoms with van der Waals surface area (Å²) in [5, 5.41) is 11.3. The summed E-state index contributed by atoms with van der Waals surface area (Å²) in [4.78, 5) is 24.9. The van der Waals surface area contributed by atoms with E-state index in [4.69, 9.17) is 19.9 Å². The van der Waals surface area contributed by atoms with Gasteiger partial charge in [0.2, 0.25) is 5.91 Å². The maximum absolute atomic E-state index is 13.2. The van der Waals surface area contributed by atoms with Gasteiger partial charge in [-0.25, -0.2) is 0 Å². The number of carbonyl (C=O) groups excluding carboxylic acids is 1. The van der Waals surface area contributed by atoms with Crippen LogP contribution in [0.25, 0.3) is 0 Å².